The van der Waals surface area contributed by atoms with Crippen LogP contribution in [0.1, 0.15) is 32.1 Å². The van der Waals surface area contributed by atoms with Gasteiger partial charge in [-0.25, -0.2) is 9.59 Å². The third-order valence-corrected chi connectivity index (χ3v) is 3.73. The van der Waals surface area contributed by atoms with Crippen LogP contribution < -0.4 is 16.7 Å². The fraction of sp³-hybridized carbons (Fsp3) is 0.583. The first kappa shape index (κ1) is 12.8. The zero-order valence-electron chi connectivity index (χ0n) is 11.0. The molecule has 0 spiro atoms. The highest BCUT2D eigenvalue weighted by molar-refractivity contribution is 5.78. The first-order chi connectivity index (χ1) is 9.63. The summed E-state index contributed by atoms with van der Waals surface area (Å²) in [5.41, 5.74) is -0.196. The lowest BCUT2D eigenvalue weighted by molar-refractivity contribution is -0.122. The highest BCUT2D eigenvalue weighted by Gasteiger charge is 2.18. The van der Waals surface area contributed by atoms with Crippen molar-refractivity contribution in [1.82, 2.24) is 24.8 Å². The predicted molar refractivity (Wildman–Crippen MR) is 72.5 cm³/mol. The molecule has 1 aliphatic carbocycles. The highest BCUT2D eigenvalue weighted by atomic mass is 16.2. The second-order valence-corrected chi connectivity index (χ2v) is 5.22. The van der Waals surface area contributed by atoms with Crippen LogP contribution >= 0.6 is 0 Å². The van der Waals surface area contributed by atoms with Crippen molar-refractivity contribution in [3.05, 3.63) is 21.0 Å². The molecule has 1 fully saturated rings. The summed E-state index contributed by atoms with van der Waals surface area (Å²) in [6.07, 6.45) is 5.46. The summed E-state index contributed by atoms with van der Waals surface area (Å²) in [6, 6.07) is 0.201. The van der Waals surface area contributed by atoms with Crippen molar-refractivity contribution < 1.29 is 4.79 Å². The molecule has 1 amide bonds. The van der Waals surface area contributed by atoms with E-state index in [1.165, 1.54) is 11.0 Å². The Hall–Kier alpha value is -2.25. The van der Waals surface area contributed by atoms with Crippen molar-refractivity contribution in [2.45, 2.75) is 44.7 Å². The van der Waals surface area contributed by atoms with Gasteiger partial charge in [-0.2, -0.15) is 0 Å². The second kappa shape index (κ2) is 5.03. The van der Waals surface area contributed by atoms with Crippen LogP contribution in [0.25, 0.3) is 11.3 Å². The van der Waals surface area contributed by atoms with E-state index in [0.29, 0.717) is 11.3 Å². The summed E-state index contributed by atoms with van der Waals surface area (Å²) in [5, 5.41) is 2.94. The van der Waals surface area contributed by atoms with E-state index in [4.69, 9.17) is 0 Å². The molecule has 0 saturated heterocycles. The molecule has 2 aromatic rings. The average molecular weight is 279 g/mol. The van der Waals surface area contributed by atoms with Crippen molar-refractivity contribution in [3.8, 4) is 0 Å². The van der Waals surface area contributed by atoms with Gasteiger partial charge in [0.2, 0.25) is 5.91 Å². The smallest absolute Gasteiger partial charge is 0.329 e. The van der Waals surface area contributed by atoms with E-state index < -0.39 is 11.4 Å². The molecule has 0 atom stereocenters. The topological polar surface area (TPSA) is 116 Å². The van der Waals surface area contributed by atoms with Crippen LogP contribution in [-0.2, 0) is 11.3 Å². The third-order valence-electron chi connectivity index (χ3n) is 3.73. The fourth-order valence-electron chi connectivity index (χ4n) is 2.76. The maximum atomic E-state index is 12.0. The van der Waals surface area contributed by atoms with Crippen LogP contribution in [0.4, 0.5) is 0 Å². The number of nitrogens with zero attached hydrogens (tertiary/aromatic N) is 1. The van der Waals surface area contributed by atoms with Crippen LogP contribution in [0.15, 0.2) is 9.59 Å². The maximum Gasteiger partial charge on any atom is 0.329 e. The standard InChI is InChI=1S/C12H17N5O3/c18-8(13-7-4-2-1-3-5-7)6-17-10-9(15-12(17)20)14-11(19)16-10/h7H,1-6H2,(H,13,18)(H,15,20)(H2,14,16,19). The number of imidazole rings is 2. The predicted octanol–water partition coefficient (Wildman–Crippen LogP) is -0.205. The number of amides is 1. The minimum absolute atomic E-state index is 0.0941. The molecule has 0 unspecified atom stereocenters. The molecule has 2 aromatic heterocycles. The highest BCUT2D eigenvalue weighted by Crippen LogP contribution is 2.17. The van der Waals surface area contributed by atoms with E-state index in [-0.39, 0.29) is 18.5 Å². The number of H-pyrrole nitrogens is 3. The number of rotatable bonds is 3. The van der Waals surface area contributed by atoms with Gasteiger partial charge in [0, 0.05) is 6.04 Å². The van der Waals surface area contributed by atoms with Crippen molar-refractivity contribution in [1.29, 1.82) is 0 Å². The largest absolute Gasteiger partial charge is 0.352 e. The van der Waals surface area contributed by atoms with Gasteiger partial charge >= 0.3 is 11.4 Å². The molecule has 108 valence electrons. The number of nitrogens with one attached hydrogen (secondary N) is 4. The maximum absolute atomic E-state index is 12.0. The first-order valence-corrected chi connectivity index (χ1v) is 6.83. The van der Waals surface area contributed by atoms with Crippen LogP contribution in [0, 0.1) is 0 Å². The number of aromatic amines is 3. The molecule has 3 rings (SSSR count). The number of carbonyl (C=O) groups excluding carboxylic acids is 1. The molecule has 8 heteroatoms. The minimum Gasteiger partial charge on any atom is -0.352 e. The van der Waals surface area contributed by atoms with Gasteiger partial charge in [-0.3, -0.25) is 24.3 Å². The Labute approximate surface area is 113 Å². The van der Waals surface area contributed by atoms with Gasteiger partial charge in [-0.15, -0.1) is 0 Å². The summed E-state index contributed by atoms with van der Waals surface area (Å²) < 4.78 is 1.23. The Morgan fingerprint density at radius 1 is 1.15 bits per heavy atom. The van der Waals surface area contributed by atoms with E-state index in [1.54, 1.807) is 0 Å². The lowest BCUT2D eigenvalue weighted by Gasteiger charge is -2.22. The van der Waals surface area contributed by atoms with Crippen LogP contribution in [0.3, 0.4) is 0 Å². The summed E-state index contributed by atoms with van der Waals surface area (Å²) in [6.45, 7) is -0.0941. The summed E-state index contributed by atoms with van der Waals surface area (Å²) in [7, 11) is 0. The lowest BCUT2D eigenvalue weighted by atomic mass is 9.95. The third kappa shape index (κ3) is 2.40. The Bertz CT molecular complexity index is 728. The van der Waals surface area contributed by atoms with E-state index in [1.807, 2.05) is 0 Å². The van der Waals surface area contributed by atoms with Crippen molar-refractivity contribution in [2.24, 2.45) is 0 Å². The molecule has 1 saturated carbocycles. The number of aromatic nitrogens is 4. The van der Waals surface area contributed by atoms with Crippen molar-refractivity contribution >= 4 is 17.2 Å². The normalized spacial score (nSPS) is 16.6. The first-order valence-electron chi connectivity index (χ1n) is 6.83. The zero-order valence-corrected chi connectivity index (χ0v) is 11.0. The SMILES string of the molecule is O=C(Cn1c(=O)[nH]c2[nH]c(=O)[nH]c21)NC1CCCCC1. The Kier molecular flexibility index (Phi) is 3.21. The molecule has 0 radical (unpaired) electrons. The summed E-state index contributed by atoms with van der Waals surface area (Å²) in [5.74, 6) is -0.207. The molecule has 8 nitrogen and oxygen atoms in total. The molecule has 1 aliphatic rings. The molecule has 20 heavy (non-hydrogen) atoms. The Morgan fingerprint density at radius 2 is 1.90 bits per heavy atom. The minimum atomic E-state index is -0.415. The van der Waals surface area contributed by atoms with E-state index >= 15 is 0 Å². The Balaban J connectivity index is 1.75. The van der Waals surface area contributed by atoms with Crippen LogP contribution in [0.2, 0.25) is 0 Å². The molecule has 4 N–H and O–H groups in total. The van der Waals surface area contributed by atoms with Crippen molar-refractivity contribution in [2.75, 3.05) is 0 Å². The number of hydrogen-bond acceptors (Lipinski definition) is 3. The molecule has 2 heterocycles. The van der Waals surface area contributed by atoms with Gasteiger partial charge in [0.15, 0.2) is 11.3 Å². The van der Waals surface area contributed by atoms with Crippen molar-refractivity contribution in [3.63, 3.8) is 0 Å². The Morgan fingerprint density at radius 3 is 2.65 bits per heavy atom. The molecule has 0 bridgehead atoms. The molecule has 0 aliphatic heterocycles. The van der Waals surface area contributed by atoms with Gasteiger partial charge in [0.1, 0.15) is 6.54 Å². The summed E-state index contributed by atoms with van der Waals surface area (Å²) in [4.78, 5) is 42.3. The average Bonchev–Trinajstić information content (AvgIpc) is 2.89. The summed E-state index contributed by atoms with van der Waals surface area (Å²) >= 11 is 0. The number of fused-ring (bicyclic) bond motifs is 1. The molecular weight excluding hydrogens is 262 g/mol. The number of hydrogen-bond donors (Lipinski definition) is 4. The van der Waals surface area contributed by atoms with Gasteiger partial charge in [-0.1, -0.05) is 19.3 Å². The quantitative estimate of drug-likeness (QED) is 0.623. The van der Waals surface area contributed by atoms with Gasteiger partial charge in [-0.05, 0) is 12.8 Å². The van der Waals surface area contributed by atoms with Crippen LogP contribution in [-0.4, -0.2) is 31.5 Å². The van der Waals surface area contributed by atoms with Gasteiger partial charge in [0.25, 0.3) is 0 Å². The second-order valence-electron chi connectivity index (χ2n) is 5.22. The van der Waals surface area contributed by atoms with E-state index in [9.17, 15) is 14.4 Å². The lowest BCUT2D eigenvalue weighted by Crippen LogP contribution is -2.39. The monoisotopic (exact) mass is 279 g/mol. The zero-order chi connectivity index (χ0) is 14.1. The van der Waals surface area contributed by atoms with E-state index in [0.717, 1.165) is 25.7 Å². The number of carbonyl (C=O) groups is 1. The van der Waals surface area contributed by atoms with E-state index in [2.05, 4.69) is 20.3 Å². The fourth-order valence-corrected chi connectivity index (χ4v) is 2.76. The van der Waals surface area contributed by atoms with Gasteiger partial charge < -0.3 is 5.32 Å². The molecule has 0 aromatic carbocycles. The van der Waals surface area contributed by atoms with Crippen LogP contribution in [0.5, 0.6) is 0 Å². The molecular formula is C12H17N5O3. The van der Waals surface area contributed by atoms with Gasteiger partial charge in [0.05, 0.1) is 0 Å².